The Balaban J connectivity index is 3.27. The molecule has 0 bridgehead atoms. The zero-order chi connectivity index (χ0) is 13.5. The van der Waals surface area contributed by atoms with Crippen LogP contribution in [0, 0.1) is 0 Å². The van der Waals surface area contributed by atoms with Crippen molar-refractivity contribution in [2.45, 2.75) is 78.1 Å². The standard InChI is InChI=1S/C17H30O/c1-3-5-7-8-9-10-11-12-13-14-16-17(18)15-6-4-2/h6,14-16H,3-5,7-13H2,1-2H3. The molecule has 1 nitrogen and oxygen atoms in total. The van der Waals surface area contributed by atoms with Crippen LogP contribution in [0.5, 0.6) is 0 Å². The lowest BCUT2D eigenvalue weighted by Gasteiger charge is -1.99. The van der Waals surface area contributed by atoms with Gasteiger partial charge in [0.2, 0.25) is 0 Å². The summed E-state index contributed by atoms with van der Waals surface area (Å²) in [7, 11) is 0. The largest absolute Gasteiger partial charge is 0.290 e. The van der Waals surface area contributed by atoms with Gasteiger partial charge in [-0.3, -0.25) is 4.79 Å². The van der Waals surface area contributed by atoms with E-state index in [0.29, 0.717) is 0 Å². The third-order valence-corrected chi connectivity index (χ3v) is 3.02. The summed E-state index contributed by atoms with van der Waals surface area (Å²) < 4.78 is 0. The van der Waals surface area contributed by atoms with Crippen LogP contribution >= 0.6 is 0 Å². The first-order valence-corrected chi connectivity index (χ1v) is 7.68. The highest BCUT2D eigenvalue weighted by atomic mass is 16.1. The minimum atomic E-state index is 0.122. The average Bonchev–Trinajstić information content (AvgIpc) is 2.38. The minimum Gasteiger partial charge on any atom is -0.290 e. The summed E-state index contributed by atoms with van der Waals surface area (Å²) in [6.45, 7) is 4.29. The van der Waals surface area contributed by atoms with Crippen LogP contribution in [0.1, 0.15) is 78.1 Å². The molecule has 0 radical (unpaired) electrons. The van der Waals surface area contributed by atoms with Crippen LogP contribution in [0.25, 0.3) is 0 Å². The summed E-state index contributed by atoms with van der Waals surface area (Å²) in [4.78, 5) is 11.3. The Kier molecular flexibility index (Phi) is 13.5. The lowest BCUT2D eigenvalue weighted by Crippen LogP contribution is -1.84. The third kappa shape index (κ3) is 13.2. The van der Waals surface area contributed by atoms with Gasteiger partial charge in [-0.25, -0.2) is 0 Å². The van der Waals surface area contributed by atoms with Gasteiger partial charge >= 0.3 is 0 Å². The highest BCUT2D eigenvalue weighted by molar-refractivity contribution is 5.99. The number of ketones is 1. The van der Waals surface area contributed by atoms with Crippen molar-refractivity contribution in [2.75, 3.05) is 0 Å². The van der Waals surface area contributed by atoms with Crippen LogP contribution in [0.15, 0.2) is 24.3 Å². The van der Waals surface area contributed by atoms with E-state index in [-0.39, 0.29) is 5.78 Å². The number of hydrogen-bond donors (Lipinski definition) is 0. The van der Waals surface area contributed by atoms with Crippen molar-refractivity contribution >= 4 is 5.78 Å². The predicted octanol–water partition coefficient (Wildman–Crippen LogP) is 5.61. The molecule has 0 rings (SSSR count). The number of carbonyl (C=O) groups is 1. The summed E-state index contributed by atoms with van der Waals surface area (Å²) in [6, 6.07) is 0. The second-order valence-corrected chi connectivity index (χ2v) is 4.88. The van der Waals surface area contributed by atoms with Crippen LogP contribution in [0.4, 0.5) is 0 Å². The van der Waals surface area contributed by atoms with Gasteiger partial charge in [0.1, 0.15) is 0 Å². The van der Waals surface area contributed by atoms with Crippen LogP contribution in [-0.4, -0.2) is 5.78 Å². The molecule has 0 aliphatic rings. The third-order valence-electron chi connectivity index (χ3n) is 3.02. The quantitative estimate of drug-likeness (QED) is 0.325. The van der Waals surface area contributed by atoms with E-state index in [1.807, 2.05) is 19.1 Å². The van der Waals surface area contributed by atoms with Crippen molar-refractivity contribution in [3.63, 3.8) is 0 Å². The Morgan fingerprint density at radius 1 is 0.778 bits per heavy atom. The molecule has 0 unspecified atom stereocenters. The minimum absolute atomic E-state index is 0.122. The van der Waals surface area contributed by atoms with Gasteiger partial charge < -0.3 is 0 Å². The zero-order valence-corrected chi connectivity index (χ0v) is 12.3. The lowest BCUT2D eigenvalue weighted by atomic mass is 10.1. The Morgan fingerprint density at radius 3 is 1.94 bits per heavy atom. The molecule has 104 valence electrons. The molecule has 0 atom stereocenters. The first-order chi connectivity index (χ1) is 8.81. The first-order valence-electron chi connectivity index (χ1n) is 7.68. The Labute approximate surface area is 113 Å². The summed E-state index contributed by atoms with van der Waals surface area (Å²) in [5.74, 6) is 0.122. The van der Waals surface area contributed by atoms with E-state index in [1.165, 1.54) is 51.4 Å². The molecular weight excluding hydrogens is 220 g/mol. The van der Waals surface area contributed by atoms with E-state index in [1.54, 1.807) is 12.2 Å². The Hall–Kier alpha value is -0.850. The van der Waals surface area contributed by atoms with Crippen molar-refractivity contribution in [1.82, 2.24) is 0 Å². The molecular formula is C17H30O. The Bertz CT molecular complexity index is 238. The summed E-state index contributed by atoms with van der Waals surface area (Å²) in [6.07, 6.45) is 20.0. The van der Waals surface area contributed by atoms with Gasteiger partial charge in [-0.05, 0) is 31.4 Å². The number of carbonyl (C=O) groups excluding carboxylic acids is 1. The fourth-order valence-corrected chi connectivity index (χ4v) is 1.89. The molecule has 0 aromatic rings. The fourth-order valence-electron chi connectivity index (χ4n) is 1.89. The van der Waals surface area contributed by atoms with E-state index < -0.39 is 0 Å². The van der Waals surface area contributed by atoms with Crippen molar-refractivity contribution < 1.29 is 4.79 Å². The smallest absolute Gasteiger partial charge is 0.177 e. The normalized spacial score (nSPS) is 11.7. The number of unbranched alkanes of at least 4 members (excludes halogenated alkanes) is 8. The topological polar surface area (TPSA) is 17.1 Å². The summed E-state index contributed by atoms with van der Waals surface area (Å²) in [5, 5.41) is 0. The number of allylic oxidation sites excluding steroid dienone is 4. The average molecular weight is 250 g/mol. The van der Waals surface area contributed by atoms with Crippen molar-refractivity contribution in [3.8, 4) is 0 Å². The van der Waals surface area contributed by atoms with E-state index in [9.17, 15) is 4.79 Å². The van der Waals surface area contributed by atoms with Crippen LogP contribution < -0.4 is 0 Å². The zero-order valence-electron chi connectivity index (χ0n) is 12.3. The molecule has 0 fully saturated rings. The van der Waals surface area contributed by atoms with E-state index in [4.69, 9.17) is 0 Å². The molecule has 1 heteroatoms. The highest BCUT2D eigenvalue weighted by Gasteiger charge is 1.91. The maximum Gasteiger partial charge on any atom is 0.177 e. The molecule has 0 amide bonds. The Morgan fingerprint density at radius 2 is 1.33 bits per heavy atom. The second kappa shape index (κ2) is 14.2. The molecule has 0 aliphatic heterocycles. The molecule has 0 N–H and O–H groups in total. The first kappa shape index (κ1) is 17.2. The van der Waals surface area contributed by atoms with Gasteiger partial charge in [0.05, 0.1) is 0 Å². The SMILES string of the molecule is CCC=CC(=O)C=CCCCCCCCCCC. The van der Waals surface area contributed by atoms with Crippen molar-refractivity contribution in [3.05, 3.63) is 24.3 Å². The summed E-state index contributed by atoms with van der Waals surface area (Å²) >= 11 is 0. The van der Waals surface area contributed by atoms with E-state index in [2.05, 4.69) is 6.92 Å². The van der Waals surface area contributed by atoms with Gasteiger partial charge in [0, 0.05) is 0 Å². The molecule has 0 aromatic heterocycles. The molecule has 18 heavy (non-hydrogen) atoms. The van der Waals surface area contributed by atoms with Gasteiger partial charge in [-0.15, -0.1) is 0 Å². The molecule has 0 saturated heterocycles. The van der Waals surface area contributed by atoms with E-state index >= 15 is 0 Å². The molecule has 0 aromatic carbocycles. The van der Waals surface area contributed by atoms with Gasteiger partial charge in [-0.1, -0.05) is 70.9 Å². The van der Waals surface area contributed by atoms with Gasteiger partial charge in [-0.2, -0.15) is 0 Å². The molecule has 0 aliphatic carbocycles. The number of rotatable bonds is 12. The monoisotopic (exact) mass is 250 g/mol. The fraction of sp³-hybridized carbons (Fsp3) is 0.706. The second-order valence-electron chi connectivity index (χ2n) is 4.88. The van der Waals surface area contributed by atoms with Crippen LogP contribution in [-0.2, 0) is 4.79 Å². The predicted molar refractivity (Wildman–Crippen MR) is 80.8 cm³/mol. The van der Waals surface area contributed by atoms with E-state index in [0.717, 1.165) is 12.8 Å². The lowest BCUT2D eigenvalue weighted by molar-refractivity contribution is -0.110. The van der Waals surface area contributed by atoms with Crippen LogP contribution in [0.3, 0.4) is 0 Å². The molecule has 0 spiro atoms. The van der Waals surface area contributed by atoms with Gasteiger partial charge in [0.15, 0.2) is 5.78 Å². The summed E-state index contributed by atoms with van der Waals surface area (Å²) in [5.41, 5.74) is 0. The van der Waals surface area contributed by atoms with Crippen molar-refractivity contribution in [2.24, 2.45) is 0 Å². The van der Waals surface area contributed by atoms with Crippen LogP contribution in [0.2, 0.25) is 0 Å². The maximum atomic E-state index is 11.3. The number of hydrogen-bond acceptors (Lipinski definition) is 1. The molecule has 0 saturated carbocycles. The maximum absolute atomic E-state index is 11.3. The van der Waals surface area contributed by atoms with Crippen molar-refractivity contribution in [1.29, 1.82) is 0 Å². The molecule has 0 heterocycles. The van der Waals surface area contributed by atoms with Gasteiger partial charge in [0.25, 0.3) is 0 Å². The highest BCUT2D eigenvalue weighted by Crippen LogP contribution is 2.09.